The highest BCUT2D eigenvalue weighted by atomic mass is 79.9. The number of hydrogen-bond acceptors (Lipinski definition) is 4. The van der Waals surface area contributed by atoms with Gasteiger partial charge in [-0.2, -0.15) is 13.2 Å². The number of carbonyl (C=O) groups is 1. The van der Waals surface area contributed by atoms with Gasteiger partial charge in [0, 0.05) is 60.8 Å². The molecule has 3 heterocycles. The molecule has 3 unspecified atom stereocenters. The van der Waals surface area contributed by atoms with Crippen molar-refractivity contribution in [1.82, 2.24) is 14.7 Å². The van der Waals surface area contributed by atoms with Crippen molar-refractivity contribution in [2.45, 2.75) is 68.4 Å². The lowest BCUT2D eigenvalue weighted by molar-refractivity contribution is -0.137. The zero-order chi connectivity index (χ0) is 27.9. The Bertz CT molecular complexity index is 1160. The molecule has 5 rings (SSSR count). The van der Waals surface area contributed by atoms with E-state index in [9.17, 15) is 27.5 Å². The molecule has 0 spiro atoms. The van der Waals surface area contributed by atoms with E-state index in [1.165, 1.54) is 23.1 Å². The first-order valence-corrected chi connectivity index (χ1v) is 14.3. The van der Waals surface area contributed by atoms with Gasteiger partial charge in [-0.25, -0.2) is 4.39 Å². The van der Waals surface area contributed by atoms with Crippen molar-refractivity contribution < 1.29 is 27.5 Å². The Morgan fingerprint density at radius 1 is 1.08 bits per heavy atom. The molecule has 10 heteroatoms. The maximum Gasteiger partial charge on any atom is 0.416 e. The summed E-state index contributed by atoms with van der Waals surface area (Å²) in [7, 11) is 1.59. The molecular weight excluding hydrogens is 578 g/mol. The molecule has 212 valence electrons. The van der Waals surface area contributed by atoms with E-state index in [4.69, 9.17) is 0 Å². The standard InChI is InChI=1S/C29H34BrF4N3O2/c1-35(28(39)20-10-21(29(32,33)34)12-22(30)11-20)15-19(18-2-4-23(31)5-3-18)8-9-36-16-26(17-36)37-24-6-7-25(37)14-27(38)13-24/h2-5,10-12,19,24-27,38H,6-9,13-17H2,1H3. The fourth-order valence-corrected chi connectivity index (χ4v) is 7.14. The van der Waals surface area contributed by atoms with Gasteiger partial charge >= 0.3 is 6.18 Å². The van der Waals surface area contributed by atoms with Crippen LogP contribution in [0.15, 0.2) is 46.9 Å². The molecule has 0 aliphatic carbocycles. The van der Waals surface area contributed by atoms with Gasteiger partial charge in [0.1, 0.15) is 5.82 Å². The lowest BCUT2D eigenvalue weighted by Crippen LogP contribution is -2.64. The summed E-state index contributed by atoms with van der Waals surface area (Å²) in [5, 5.41) is 10.1. The van der Waals surface area contributed by atoms with Crippen LogP contribution >= 0.6 is 15.9 Å². The maximum absolute atomic E-state index is 13.6. The number of hydrogen-bond donors (Lipinski definition) is 1. The minimum absolute atomic E-state index is 0.0380. The van der Waals surface area contributed by atoms with Crippen LogP contribution in [0.2, 0.25) is 0 Å². The van der Waals surface area contributed by atoms with E-state index in [0.717, 1.165) is 69.4 Å². The molecule has 1 amide bonds. The Labute approximate surface area is 234 Å². The molecular formula is C29H34BrF4N3O2. The van der Waals surface area contributed by atoms with Gasteiger partial charge in [-0.05, 0) is 74.5 Å². The number of piperidine rings is 1. The zero-order valence-corrected chi connectivity index (χ0v) is 23.5. The van der Waals surface area contributed by atoms with E-state index in [-0.39, 0.29) is 27.9 Å². The number of alkyl halides is 3. The number of likely N-dealkylation sites (tertiary alicyclic amines) is 1. The highest BCUT2D eigenvalue weighted by molar-refractivity contribution is 9.10. The monoisotopic (exact) mass is 611 g/mol. The van der Waals surface area contributed by atoms with Crippen molar-refractivity contribution >= 4 is 21.8 Å². The van der Waals surface area contributed by atoms with Crippen molar-refractivity contribution in [3.05, 3.63) is 69.4 Å². The first-order valence-electron chi connectivity index (χ1n) is 13.5. The number of fused-ring (bicyclic) bond motifs is 2. The lowest BCUT2D eigenvalue weighted by atomic mass is 9.92. The Hall–Kier alpha value is -2.01. The molecule has 2 bridgehead atoms. The molecule has 3 atom stereocenters. The summed E-state index contributed by atoms with van der Waals surface area (Å²) in [6.07, 6.45) is 0.0413. The molecule has 39 heavy (non-hydrogen) atoms. The summed E-state index contributed by atoms with van der Waals surface area (Å²) in [5.41, 5.74) is -0.0296. The van der Waals surface area contributed by atoms with Crippen LogP contribution in [-0.4, -0.2) is 83.2 Å². The SMILES string of the molecule is CN(CC(CCN1CC(N2C3CCC2CC(O)C3)C1)c1ccc(F)cc1)C(=O)c1cc(Br)cc(C(F)(F)F)c1. The first kappa shape index (κ1) is 28.5. The van der Waals surface area contributed by atoms with Crippen molar-refractivity contribution in [3.8, 4) is 0 Å². The van der Waals surface area contributed by atoms with Gasteiger partial charge < -0.3 is 14.9 Å². The highest BCUT2D eigenvalue weighted by Crippen LogP contribution is 2.39. The molecule has 2 aromatic carbocycles. The Morgan fingerprint density at radius 2 is 1.72 bits per heavy atom. The van der Waals surface area contributed by atoms with Crippen LogP contribution in [0, 0.1) is 5.82 Å². The van der Waals surface area contributed by atoms with Crippen LogP contribution in [0.1, 0.15) is 59.5 Å². The van der Waals surface area contributed by atoms with Gasteiger partial charge in [-0.1, -0.05) is 28.1 Å². The number of rotatable bonds is 8. The predicted octanol–water partition coefficient (Wildman–Crippen LogP) is 5.52. The number of carbonyl (C=O) groups excluding carboxylic acids is 1. The molecule has 3 saturated heterocycles. The molecule has 0 aromatic heterocycles. The van der Waals surface area contributed by atoms with Crippen LogP contribution in [0.4, 0.5) is 17.6 Å². The summed E-state index contributed by atoms with van der Waals surface area (Å²) >= 11 is 3.09. The third-order valence-electron chi connectivity index (χ3n) is 8.57. The van der Waals surface area contributed by atoms with Crippen molar-refractivity contribution in [1.29, 1.82) is 0 Å². The van der Waals surface area contributed by atoms with Crippen LogP contribution in [0.5, 0.6) is 0 Å². The summed E-state index contributed by atoms with van der Waals surface area (Å²) in [4.78, 5) is 19.6. The van der Waals surface area contributed by atoms with Gasteiger partial charge in [0.05, 0.1) is 11.7 Å². The summed E-state index contributed by atoms with van der Waals surface area (Å²) in [6.45, 7) is 3.03. The fourth-order valence-electron chi connectivity index (χ4n) is 6.64. The first-order chi connectivity index (χ1) is 18.5. The quantitative estimate of drug-likeness (QED) is 0.399. The lowest BCUT2D eigenvalue weighted by Gasteiger charge is -2.51. The number of aliphatic hydroxyl groups excluding tert-OH is 1. The van der Waals surface area contributed by atoms with Gasteiger partial charge in [0.15, 0.2) is 0 Å². The fraction of sp³-hybridized carbons (Fsp3) is 0.552. The highest BCUT2D eigenvalue weighted by Gasteiger charge is 2.46. The molecule has 0 radical (unpaired) electrons. The van der Waals surface area contributed by atoms with Crippen LogP contribution in [0.25, 0.3) is 0 Å². The van der Waals surface area contributed by atoms with Crippen LogP contribution in [0.3, 0.4) is 0 Å². The van der Waals surface area contributed by atoms with Gasteiger partial charge in [-0.15, -0.1) is 0 Å². The second-order valence-electron chi connectivity index (χ2n) is 11.3. The third kappa shape index (κ3) is 6.50. The smallest absolute Gasteiger partial charge is 0.393 e. The van der Waals surface area contributed by atoms with E-state index >= 15 is 0 Å². The molecule has 2 aromatic rings. The minimum Gasteiger partial charge on any atom is -0.393 e. The number of aliphatic hydroxyl groups is 1. The minimum atomic E-state index is -4.56. The summed E-state index contributed by atoms with van der Waals surface area (Å²) in [5.74, 6) is -0.947. The van der Waals surface area contributed by atoms with Gasteiger partial charge in [0.25, 0.3) is 5.91 Å². The average molecular weight is 613 g/mol. The van der Waals surface area contributed by atoms with E-state index in [2.05, 4.69) is 25.7 Å². The second kappa shape index (κ2) is 11.5. The maximum atomic E-state index is 13.6. The Balaban J connectivity index is 1.22. The molecule has 3 fully saturated rings. The molecule has 0 saturated carbocycles. The number of halogens is 5. The predicted molar refractivity (Wildman–Crippen MR) is 144 cm³/mol. The van der Waals surface area contributed by atoms with Crippen LogP contribution < -0.4 is 0 Å². The third-order valence-corrected chi connectivity index (χ3v) is 9.03. The topological polar surface area (TPSA) is 47.0 Å². The van der Waals surface area contributed by atoms with E-state index < -0.39 is 17.6 Å². The number of nitrogens with zero attached hydrogens (tertiary/aromatic N) is 3. The average Bonchev–Trinajstić information content (AvgIpc) is 3.10. The normalized spacial score (nSPS) is 24.9. The summed E-state index contributed by atoms with van der Waals surface area (Å²) < 4.78 is 53.7. The van der Waals surface area contributed by atoms with Crippen LogP contribution in [-0.2, 0) is 6.18 Å². The van der Waals surface area contributed by atoms with Crippen molar-refractivity contribution in [2.24, 2.45) is 0 Å². The molecule has 5 nitrogen and oxygen atoms in total. The summed E-state index contributed by atoms with van der Waals surface area (Å²) in [6, 6.07) is 10.9. The second-order valence-corrected chi connectivity index (χ2v) is 12.2. The van der Waals surface area contributed by atoms with E-state index in [0.29, 0.717) is 24.7 Å². The van der Waals surface area contributed by atoms with Crippen molar-refractivity contribution in [3.63, 3.8) is 0 Å². The molecule has 3 aliphatic heterocycles. The van der Waals surface area contributed by atoms with E-state index in [1.54, 1.807) is 19.2 Å². The number of benzene rings is 2. The Kier molecular flexibility index (Phi) is 8.38. The number of amides is 1. The van der Waals surface area contributed by atoms with Gasteiger partial charge in [-0.3, -0.25) is 9.69 Å². The number of likely N-dealkylation sites (N-methyl/N-ethyl adjacent to an activating group) is 1. The Morgan fingerprint density at radius 3 is 2.33 bits per heavy atom. The van der Waals surface area contributed by atoms with E-state index in [1.807, 2.05) is 0 Å². The largest absolute Gasteiger partial charge is 0.416 e. The zero-order valence-electron chi connectivity index (χ0n) is 21.9. The molecule has 1 N–H and O–H groups in total. The van der Waals surface area contributed by atoms with Crippen molar-refractivity contribution in [2.75, 3.05) is 33.2 Å². The molecule has 3 aliphatic rings. The van der Waals surface area contributed by atoms with Gasteiger partial charge in [0.2, 0.25) is 0 Å².